The smallest absolute Gasteiger partial charge is 0.239 e. The van der Waals surface area contributed by atoms with Gasteiger partial charge >= 0.3 is 0 Å². The molecule has 4 heteroatoms. The lowest BCUT2D eigenvalue weighted by atomic mass is 9.92. The Bertz CT molecular complexity index is 523. The molecule has 1 unspecified atom stereocenters. The summed E-state index contributed by atoms with van der Waals surface area (Å²) in [6.07, 6.45) is 3.67. The number of rotatable bonds is 7. The van der Waals surface area contributed by atoms with E-state index in [0.29, 0.717) is 6.54 Å². The van der Waals surface area contributed by atoms with Crippen LogP contribution in [0.4, 0.5) is 0 Å². The Morgan fingerprint density at radius 1 is 1.33 bits per heavy atom. The van der Waals surface area contributed by atoms with Gasteiger partial charge in [0.15, 0.2) is 0 Å². The van der Waals surface area contributed by atoms with Crippen LogP contribution in [0.15, 0.2) is 24.3 Å². The van der Waals surface area contributed by atoms with Crippen LogP contribution in [0.25, 0.3) is 0 Å². The molecular weight excluding hydrogens is 298 g/mol. The van der Waals surface area contributed by atoms with Gasteiger partial charge in [0, 0.05) is 13.6 Å². The van der Waals surface area contributed by atoms with Crippen molar-refractivity contribution in [3.05, 3.63) is 35.4 Å². The largest absolute Gasteiger partial charge is 0.340 e. The van der Waals surface area contributed by atoms with E-state index in [2.05, 4.69) is 36.2 Å². The van der Waals surface area contributed by atoms with Crippen LogP contribution in [0.2, 0.25) is 0 Å². The number of aryl methyl sites for hydroxylation is 1. The zero-order valence-corrected chi connectivity index (χ0v) is 15.7. The summed E-state index contributed by atoms with van der Waals surface area (Å²) in [6, 6.07) is 8.27. The zero-order chi connectivity index (χ0) is 17.5. The molecular formula is C20H33N3O. The third-order valence-electron chi connectivity index (χ3n) is 5.40. The van der Waals surface area contributed by atoms with E-state index in [9.17, 15) is 4.79 Å². The van der Waals surface area contributed by atoms with E-state index >= 15 is 0 Å². The molecule has 1 fully saturated rings. The average molecular weight is 332 g/mol. The first-order valence-corrected chi connectivity index (χ1v) is 9.21. The van der Waals surface area contributed by atoms with Crippen molar-refractivity contribution in [1.82, 2.24) is 15.1 Å². The van der Waals surface area contributed by atoms with E-state index < -0.39 is 0 Å². The van der Waals surface area contributed by atoms with Gasteiger partial charge in [-0.05, 0) is 76.8 Å². The second-order valence-electron chi connectivity index (χ2n) is 7.17. The fourth-order valence-corrected chi connectivity index (χ4v) is 3.57. The van der Waals surface area contributed by atoms with Crippen molar-refractivity contribution in [3.63, 3.8) is 0 Å². The molecule has 0 bridgehead atoms. The van der Waals surface area contributed by atoms with Crippen molar-refractivity contribution in [2.45, 2.75) is 45.7 Å². The van der Waals surface area contributed by atoms with E-state index in [4.69, 9.17) is 0 Å². The minimum Gasteiger partial charge on any atom is -0.340 e. The Hall–Kier alpha value is -1.39. The van der Waals surface area contributed by atoms with E-state index in [1.54, 1.807) is 0 Å². The first-order chi connectivity index (χ1) is 11.5. The van der Waals surface area contributed by atoms with Gasteiger partial charge in [-0.1, -0.05) is 24.3 Å². The van der Waals surface area contributed by atoms with Crippen molar-refractivity contribution in [1.29, 1.82) is 0 Å². The van der Waals surface area contributed by atoms with Gasteiger partial charge in [-0.15, -0.1) is 0 Å². The van der Waals surface area contributed by atoms with Crippen LogP contribution in [0, 0.1) is 12.8 Å². The van der Waals surface area contributed by atoms with E-state index in [0.717, 1.165) is 25.6 Å². The van der Waals surface area contributed by atoms with Gasteiger partial charge in [0.1, 0.15) is 0 Å². The third kappa shape index (κ3) is 5.05. The highest BCUT2D eigenvalue weighted by Crippen LogP contribution is 2.22. The Morgan fingerprint density at radius 3 is 2.62 bits per heavy atom. The molecule has 24 heavy (non-hydrogen) atoms. The monoisotopic (exact) mass is 331 g/mol. The van der Waals surface area contributed by atoms with Crippen LogP contribution in [-0.2, 0) is 11.3 Å². The molecule has 1 aromatic rings. The van der Waals surface area contributed by atoms with Crippen molar-refractivity contribution in [3.8, 4) is 0 Å². The molecule has 0 saturated carbocycles. The second-order valence-corrected chi connectivity index (χ2v) is 7.17. The Morgan fingerprint density at radius 2 is 2.00 bits per heavy atom. The number of hydrogen-bond donors (Lipinski definition) is 1. The van der Waals surface area contributed by atoms with E-state index in [1.165, 1.54) is 30.4 Å². The van der Waals surface area contributed by atoms with Gasteiger partial charge in [0.05, 0.1) is 6.04 Å². The maximum atomic E-state index is 12.8. The van der Waals surface area contributed by atoms with Crippen molar-refractivity contribution in [2.24, 2.45) is 5.92 Å². The van der Waals surface area contributed by atoms with Crippen molar-refractivity contribution in [2.75, 3.05) is 33.7 Å². The number of likely N-dealkylation sites (tertiary alicyclic amines) is 1. The average Bonchev–Trinajstić information content (AvgIpc) is 2.61. The van der Waals surface area contributed by atoms with Crippen LogP contribution in [-0.4, -0.2) is 55.5 Å². The summed E-state index contributed by atoms with van der Waals surface area (Å²) in [6.45, 7) is 8.03. The van der Waals surface area contributed by atoms with Crippen molar-refractivity contribution < 1.29 is 4.79 Å². The number of hydrogen-bond acceptors (Lipinski definition) is 3. The lowest BCUT2D eigenvalue weighted by molar-refractivity contribution is -0.136. The van der Waals surface area contributed by atoms with Gasteiger partial charge in [-0.3, -0.25) is 9.69 Å². The predicted molar refractivity (Wildman–Crippen MR) is 100.0 cm³/mol. The summed E-state index contributed by atoms with van der Waals surface area (Å²) in [4.78, 5) is 17.0. The minimum absolute atomic E-state index is 0.0238. The fraction of sp³-hybridized carbons (Fsp3) is 0.650. The molecule has 1 aromatic carbocycles. The third-order valence-corrected chi connectivity index (χ3v) is 5.40. The second kappa shape index (κ2) is 9.19. The molecule has 1 aliphatic heterocycles. The molecule has 0 radical (unpaired) electrons. The molecule has 4 nitrogen and oxygen atoms in total. The maximum absolute atomic E-state index is 12.8. The van der Waals surface area contributed by atoms with Crippen LogP contribution < -0.4 is 5.32 Å². The Labute approximate surface area is 147 Å². The Balaban J connectivity index is 1.84. The highest BCUT2D eigenvalue weighted by molar-refractivity contribution is 5.81. The molecule has 0 aliphatic carbocycles. The molecule has 134 valence electrons. The summed E-state index contributed by atoms with van der Waals surface area (Å²) in [5.74, 6) is 1.03. The van der Waals surface area contributed by atoms with Gasteiger partial charge < -0.3 is 10.2 Å². The molecule has 0 aromatic heterocycles. The zero-order valence-electron chi connectivity index (χ0n) is 15.7. The summed E-state index contributed by atoms with van der Waals surface area (Å²) < 4.78 is 0. The SMILES string of the molecule is CNCCC1CCN(C(C)C(=O)N(C)Cc2ccccc2C)CC1. The number of benzene rings is 1. The lowest BCUT2D eigenvalue weighted by Crippen LogP contribution is -2.48. The summed E-state index contributed by atoms with van der Waals surface area (Å²) >= 11 is 0. The molecule has 2 rings (SSSR count). The Kier molecular flexibility index (Phi) is 7.25. The van der Waals surface area contributed by atoms with Crippen LogP contribution >= 0.6 is 0 Å². The van der Waals surface area contributed by atoms with Crippen LogP contribution in [0.3, 0.4) is 0 Å². The highest BCUT2D eigenvalue weighted by atomic mass is 16.2. The number of carbonyl (C=O) groups is 1. The molecule has 1 amide bonds. The number of nitrogens with one attached hydrogen (secondary N) is 1. The summed E-state index contributed by atoms with van der Waals surface area (Å²) in [5.41, 5.74) is 2.47. The van der Waals surface area contributed by atoms with Gasteiger partial charge in [-0.25, -0.2) is 0 Å². The number of amides is 1. The van der Waals surface area contributed by atoms with Gasteiger partial charge in [0.25, 0.3) is 0 Å². The van der Waals surface area contributed by atoms with Crippen LogP contribution in [0.1, 0.15) is 37.3 Å². The fourth-order valence-electron chi connectivity index (χ4n) is 3.57. The molecule has 1 saturated heterocycles. The molecule has 1 aliphatic rings. The predicted octanol–water partition coefficient (Wildman–Crippen LogP) is 2.66. The summed E-state index contributed by atoms with van der Waals surface area (Å²) in [5, 5.41) is 3.24. The number of carbonyl (C=O) groups excluding carboxylic acids is 1. The van der Waals surface area contributed by atoms with Gasteiger partial charge in [-0.2, -0.15) is 0 Å². The van der Waals surface area contributed by atoms with Gasteiger partial charge in [0.2, 0.25) is 5.91 Å². The molecule has 1 atom stereocenters. The highest BCUT2D eigenvalue weighted by Gasteiger charge is 2.28. The first-order valence-electron chi connectivity index (χ1n) is 9.21. The molecule has 1 N–H and O–H groups in total. The summed E-state index contributed by atoms with van der Waals surface area (Å²) in [7, 11) is 3.94. The topological polar surface area (TPSA) is 35.6 Å². The van der Waals surface area contributed by atoms with E-state index in [1.807, 2.05) is 31.1 Å². The van der Waals surface area contributed by atoms with Crippen molar-refractivity contribution >= 4 is 5.91 Å². The number of piperidine rings is 1. The molecule has 1 heterocycles. The van der Waals surface area contributed by atoms with E-state index in [-0.39, 0.29) is 11.9 Å². The quantitative estimate of drug-likeness (QED) is 0.834. The first kappa shape index (κ1) is 18.9. The minimum atomic E-state index is -0.0238. The standard InChI is InChI=1S/C20H33N3O/c1-16-7-5-6-8-19(16)15-22(4)20(24)17(2)23-13-10-18(11-14-23)9-12-21-3/h5-8,17-18,21H,9-15H2,1-4H3. The molecule has 0 spiro atoms. The normalized spacial score (nSPS) is 17.7. The maximum Gasteiger partial charge on any atom is 0.239 e. The van der Waals surface area contributed by atoms with Crippen LogP contribution in [0.5, 0.6) is 0 Å². The lowest BCUT2D eigenvalue weighted by Gasteiger charge is -2.36. The number of likely N-dealkylation sites (N-methyl/N-ethyl adjacent to an activating group) is 1. The number of nitrogens with zero attached hydrogens (tertiary/aromatic N) is 2.